The molecule has 7 heteroatoms. The second kappa shape index (κ2) is 6.18. The van der Waals surface area contributed by atoms with E-state index in [2.05, 4.69) is 36.1 Å². The lowest BCUT2D eigenvalue weighted by molar-refractivity contribution is -0.119. The number of rotatable bonds is 4. The minimum absolute atomic E-state index is 0.209. The number of anilines is 2. The number of hydrogen-bond donors (Lipinski definition) is 2. The summed E-state index contributed by atoms with van der Waals surface area (Å²) < 4.78 is 0.880. The van der Waals surface area contributed by atoms with Crippen LogP contribution in [0.3, 0.4) is 0 Å². The summed E-state index contributed by atoms with van der Waals surface area (Å²) in [4.78, 5) is 21.6. The average Bonchev–Trinajstić information content (AvgIpc) is 2.39. The predicted octanol–water partition coefficient (Wildman–Crippen LogP) is 1.37. The lowest BCUT2D eigenvalue weighted by Crippen LogP contribution is -2.35. The van der Waals surface area contributed by atoms with Crippen molar-refractivity contribution in [2.75, 3.05) is 30.4 Å². The highest BCUT2D eigenvalue weighted by Gasteiger charge is 2.23. The van der Waals surface area contributed by atoms with Crippen molar-refractivity contribution < 1.29 is 4.79 Å². The van der Waals surface area contributed by atoms with E-state index in [1.54, 1.807) is 6.33 Å². The van der Waals surface area contributed by atoms with Crippen LogP contribution in [0.1, 0.15) is 19.3 Å². The Morgan fingerprint density at radius 1 is 1.53 bits per heavy atom. The largest absolute Gasteiger partial charge is 0.372 e. The number of aromatic nitrogens is 2. The molecule has 6 nitrogen and oxygen atoms in total. The second-order valence-electron chi connectivity index (χ2n) is 4.71. The number of primary amides is 1. The molecule has 3 N–H and O–H groups in total. The summed E-state index contributed by atoms with van der Waals surface area (Å²) in [5, 5.41) is 3.02. The molecule has 1 amide bonds. The van der Waals surface area contributed by atoms with Crippen LogP contribution in [-0.4, -0.2) is 36.0 Å². The fraction of sp³-hybridized carbons (Fsp3) is 0.583. The van der Waals surface area contributed by atoms with Gasteiger partial charge in [-0.2, -0.15) is 0 Å². The van der Waals surface area contributed by atoms with Crippen molar-refractivity contribution in [3.8, 4) is 0 Å². The number of nitrogens with zero attached hydrogens (tertiary/aromatic N) is 3. The molecule has 1 aromatic rings. The first-order chi connectivity index (χ1) is 9.11. The zero-order valence-electron chi connectivity index (χ0n) is 10.9. The fourth-order valence-corrected chi connectivity index (χ4v) is 3.04. The summed E-state index contributed by atoms with van der Waals surface area (Å²) in [6.45, 7) is 1.77. The third-order valence-electron chi connectivity index (χ3n) is 3.41. The molecule has 0 aliphatic carbocycles. The molecule has 0 unspecified atom stereocenters. The van der Waals surface area contributed by atoms with Crippen LogP contribution in [0.5, 0.6) is 0 Å². The minimum atomic E-state index is -0.209. The first kappa shape index (κ1) is 14.0. The molecule has 104 valence electrons. The van der Waals surface area contributed by atoms with Crippen molar-refractivity contribution in [2.24, 2.45) is 11.7 Å². The molecule has 2 heterocycles. The molecule has 1 aliphatic heterocycles. The highest BCUT2D eigenvalue weighted by Crippen LogP contribution is 2.32. The maximum Gasteiger partial charge on any atom is 0.217 e. The van der Waals surface area contributed by atoms with Gasteiger partial charge in [0, 0.05) is 26.6 Å². The molecule has 1 aromatic heterocycles. The third-order valence-corrected chi connectivity index (χ3v) is 4.14. The SMILES string of the molecule is CNc1ncnc(N2CCC(CC(N)=O)CC2)c1Br. The van der Waals surface area contributed by atoms with E-state index in [1.807, 2.05) is 7.05 Å². The van der Waals surface area contributed by atoms with Crippen molar-refractivity contribution in [1.82, 2.24) is 9.97 Å². The Morgan fingerprint density at radius 2 is 2.21 bits per heavy atom. The van der Waals surface area contributed by atoms with Gasteiger partial charge in [-0.3, -0.25) is 4.79 Å². The fourth-order valence-electron chi connectivity index (χ4n) is 2.39. The summed E-state index contributed by atoms with van der Waals surface area (Å²) >= 11 is 3.53. The molecule has 0 atom stereocenters. The molecule has 0 saturated carbocycles. The number of halogens is 1. The van der Waals surface area contributed by atoms with Crippen molar-refractivity contribution in [1.29, 1.82) is 0 Å². The zero-order chi connectivity index (χ0) is 13.8. The Kier molecular flexibility index (Phi) is 4.57. The Labute approximate surface area is 120 Å². The van der Waals surface area contributed by atoms with Gasteiger partial charge in [0.25, 0.3) is 0 Å². The first-order valence-electron chi connectivity index (χ1n) is 6.33. The Hall–Kier alpha value is -1.37. The quantitative estimate of drug-likeness (QED) is 0.872. The lowest BCUT2D eigenvalue weighted by atomic mass is 9.93. The van der Waals surface area contributed by atoms with E-state index in [1.165, 1.54) is 0 Å². The van der Waals surface area contributed by atoms with E-state index in [-0.39, 0.29) is 5.91 Å². The molecule has 19 heavy (non-hydrogen) atoms. The number of amides is 1. The highest BCUT2D eigenvalue weighted by molar-refractivity contribution is 9.10. The molecule has 1 aliphatic rings. The van der Waals surface area contributed by atoms with Crippen LogP contribution < -0.4 is 16.0 Å². The molecule has 0 spiro atoms. The van der Waals surface area contributed by atoms with Crippen molar-refractivity contribution in [2.45, 2.75) is 19.3 Å². The minimum Gasteiger partial charge on any atom is -0.372 e. The Morgan fingerprint density at radius 3 is 2.79 bits per heavy atom. The van der Waals surface area contributed by atoms with Gasteiger partial charge in [0.2, 0.25) is 5.91 Å². The van der Waals surface area contributed by atoms with Crippen LogP contribution >= 0.6 is 15.9 Å². The van der Waals surface area contributed by atoms with Gasteiger partial charge in [0.1, 0.15) is 22.4 Å². The monoisotopic (exact) mass is 327 g/mol. The first-order valence-corrected chi connectivity index (χ1v) is 7.12. The van der Waals surface area contributed by atoms with E-state index in [4.69, 9.17) is 5.73 Å². The van der Waals surface area contributed by atoms with Crippen LogP contribution in [0, 0.1) is 5.92 Å². The summed E-state index contributed by atoms with van der Waals surface area (Å²) in [5.74, 6) is 1.87. The van der Waals surface area contributed by atoms with Gasteiger partial charge in [-0.05, 0) is 34.7 Å². The molecule has 0 radical (unpaired) electrons. The van der Waals surface area contributed by atoms with Crippen LogP contribution in [0.4, 0.5) is 11.6 Å². The van der Waals surface area contributed by atoms with E-state index < -0.39 is 0 Å². The van der Waals surface area contributed by atoms with Gasteiger partial charge >= 0.3 is 0 Å². The summed E-state index contributed by atoms with van der Waals surface area (Å²) in [7, 11) is 1.83. The normalized spacial score (nSPS) is 16.4. The predicted molar refractivity (Wildman–Crippen MR) is 78.0 cm³/mol. The standard InChI is InChI=1S/C12H18BrN5O/c1-15-11-10(13)12(17-7-16-11)18-4-2-8(3-5-18)6-9(14)19/h7-8H,2-6H2,1H3,(H2,14,19)(H,15,16,17). The van der Waals surface area contributed by atoms with Gasteiger partial charge in [-0.1, -0.05) is 0 Å². The molecular weight excluding hydrogens is 310 g/mol. The zero-order valence-corrected chi connectivity index (χ0v) is 12.5. The number of nitrogens with two attached hydrogens (primary N) is 1. The van der Waals surface area contributed by atoms with Crippen LogP contribution in [-0.2, 0) is 4.79 Å². The Bertz CT molecular complexity index is 459. The molecule has 1 fully saturated rings. The van der Waals surface area contributed by atoms with Gasteiger partial charge in [0.05, 0.1) is 0 Å². The van der Waals surface area contributed by atoms with E-state index in [9.17, 15) is 4.79 Å². The van der Waals surface area contributed by atoms with E-state index >= 15 is 0 Å². The van der Waals surface area contributed by atoms with Gasteiger partial charge < -0.3 is 16.0 Å². The topological polar surface area (TPSA) is 84.1 Å². The van der Waals surface area contributed by atoms with Crippen LogP contribution in [0.25, 0.3) is 0 Å². The molecule has 2 rings (SSSR count). The molecule has 1 saturated heterocycles. The van der Waals surface area contributed by atoms with Gasteiger partial charge in [0.15, 0.2) is 0 Å². The van der Waals surface area contributed by atoms with Crippen molar-refractivity contribution in [3.63, 3.8) is 0 Å². The van der Waals surface area contributed by atoms with Crippen molar-refractivity contribution >= 4 is 33.5 Å². The number of nitrogens with one attached hydrogen (secondary N) is 1. The average molecular weight is 328 g/mol. The number of carbonyl (C=O) groups excluding carboxylic acids is 1. The highest BCUT2D eigenvalue weighted by atomic mass is 79.9. The number of carbonyl (C=O) groups is 1. The smallest absolute Gasteiger partial charge is 0.217 e. The third kappa shape index (κ3) is 3.34. The lowest BCUT2D eigenvalue weighted by Gasteiger charge is -2.33. The van der Waals surface area contributed by atoms with Gasteiger partial charge in [-0.25, -0.2) is 9.97 Å². The summed E-state index contributed by atoms with van der Waals surface area (Å²) in [6.07, 6.45) is 3.98. The second-order valence-corrected chi connectivity index (χ2v) is 5.50. The van der Waals surface area contributed by atoms with E-state index in [0.29, 0.717) is 12.3 Å². The van der Waals surface area contributed by atoms with E-state index in [0.717, 1.165) is 42.0 Å². The molecule has 0 bridgehead atoms. The molecule has 0 aromatic carbocycles. The molecular formula is C12H18BrN5O. The van der Waals surface area contributed by atoms with Crippen LogP contribution in [0.15, 0.2) is 10.8 Å². The van der Waals surface area contributed by atoms with Crippen LogP contribution in [0.2, 0.25) is 0 Å². The Balaban J connectivity index is 2.03. The van der Waals surface area contributed by atoms with Crippen molar-refractivity contribution in [3.05, 3.63) is 10.8 Å². The number of hydrogen-bond acceptors (Lipinski definition) is 5. The van der Waals surface area contributed by atoms with Gasteiger partial charge in [-0.15, -0.1) is 0 Å². The maximum atomic E-state index is 10.9. The maximum absolute atomic E-state index is 10.9. The number of piperidine rings is 1. The summed E-state index contributed by atoms with van der Waals surface area (Å²) in [6, 6.07) is 0. The summed E-state index contributed by atoms with van der Waals surface area (Å²) in [5.41, 5.74) is 5.24.